The number of nitriles is 2. The number of rotatable bonds is 9. The molecule has 1 saturated carbocycles. The van der Waals surface area contributed by atoms with Crippen LogP contribution < -0.4 is 0 Å². The van der Waals surface area contributed by atoms with Gasteiger partial charge in [-0.25, -0.2) is 0 Å². The second-order valence-corrected chi connectivity index (χ2v) is 5.89. The molecule has 0 unspecified atom stereocenters. The highest BCUT2D eigenvalue weighted by atomic mass is 16.8. The van der Waals surface area contributed by atoms with Gasteiger partial charge >= 0.3 is 0 Å². The lowest BCUT2D eigenvalue weighted by Crippen LogP contribution is -2.83. The van der Waals surface area contributed by atoms with E-state index in [9.17, 15) is 10.5 Å². The molecule has 6 nitrogen and oxygen atoms in total. The van der Waals surface area contributed by atoms with Gasteiger partial charge < -0.3 is 18.9 Å². The van der Waals surface area contributed by atoms with Crippen LogP contribution in [0.2, 0.25) is 0 Å². The molecule has 0 bridgehead atoms. The smallest absolute Gasteiger partial charge is 0.258 e. The maximum atomic E-state index is 10.1. The van der Waals surface area contributed by atoms with Crippen LogP contribution in [0.4, 0.5) is 0 Å². The van der Waals surface area contributed by atoms with Crippen LogP contribution in [0.1, 0.15) is 39.2 Å². The monoisotopic (exact) mass is 358 g/mol. The van der Waals surface area contributed by atoms with Gasteiger partial charge in [0, 0.05) is 26.4 Å². The van der Waals surface area contributed by atoms with Gasteiger partial charge in [0.05, 0.1) is 18.1 Å². The zero-order valence-corrected chi connectivity index (χ0v) is 15.8. The number of benzene rings is 1. The highest BCUT2D eigenvalue weighted by Gasteiger charge is 2.87. The summed E-state index contributed by atoms with van der Waals surface area (Å²) in [6.07, 6.45) is 0. The molecule has 0 spiro atoms. The summed E-state index contributed by atoms with van der Waals surface area (Å²) < 4.78 is 24.1. The SMILES string of the molecule is CCOC1(OCC)[C@H](c2ccccc2)C(C#N)(C#N)C1(OCC)OCC. The van der Waals surface area contributed by atoms with Crippen molar-refractivity contribution in [2.75, 3.05) is 26.4 Å². The first-order chi connectivity index (χ1) is 12.6. The average Bonchev–Trinajstić information content (AvgIpc) is 2.66. The van der Waals surface area contributed by atoms with E-state index in [4.69, 9.17) is 18.9 Å². The van der Waals surface area contributed by atoms with Crippen LogP contribution in [0.3, 0.4) is 0 Å². The fourth-order valence-electron chi connectivity index (χ4n) is 3.98. The molecule has 2 rings (SSSR count). The first-order valence-corrected chi connectivity index (χ1v) is 9.02. The van der Waals surface area contributed by atoms with Gasteiger partial charge in [0.25, 0.3) is 5.79 Å². The van der Waals surface area contributed by atoms with Crippen LogP contribution in [0.5, 0.6) is 0 Å². The van der Waals surface area contributed by atoms with Crippen molar-refractivity contribution in [3.05, 3.63) is 35.9 Å². The standard InChI is InChI=1S/C20H26N2O4/c1-5-23-19(24-6-2)17(16-12-10-9-11-13-16)18(14-21,15-22)20(19,25-7-3)26-8-4/h9-13,17H,5-8H2,1-4H3/t17-/m1/s1. The largest absolute Gasteiger partial charge is 0.345 e. The third kappa shape index (κ3) is 2.53. The van der Waals surface area contributed by atoms with Crippen molar-refractivity contribution >= 4 is 0 Å². The quantitative estimate of drug-likeness (QED) is 0.629. The Morgan fingerprint density at radius 3 is 1.65 bits per heavy atom. The van der Waals surface area contributed by atoms with Gasteiger partial charge in [-0.15, -0.1) is 0 Å². The lowest BCUT2D eigenvalue weighted by atomic mass is 9.49. The molecule has 1 aromatic rings. The van der Waals surface area contributed by atoms with Crippen molar-refractivity contribution in [2.45, 2.75) is 45.2 Å². The van der Waals surface area contributed by atoms with E-state index in [2.05, 4.69) is 12.1 Å². The number of hydrogen-bond acceptors (Lipinski definition) is 6. The highest BCUT2D eigenvalue weighted by molar-refractivity contribution is 5.47. The molecule has 6 heteroatoms. The van der Waals surface area contributed by atoms with E-state index in [-0.39, 0.29) is 13.2 Å². The fraction of sp³-hybridized carbons (Fsp3) is 0.600. The molecule has 140 valence electrons. The van der Waals surface area contributed by atoms with Crippen LogP contribution in [0, 0.1) is 28.1 Å². The van der Waals surface area contributed by atoms with E-state index >= 15 is 0 Å². The summed E-state index contributed by atoms with van der Waals surface area (Å²) in [4.78, 5) is 0. The number of ether oxygens (including phenoxy) is 4. The van der Waals surface area contributed by atoms with Gasteiger partial charge in [0.15, 0.2) is 0 Å². The Kier molecular flexibility index (Phi) is 6.39. The summed E-state index contributed by atoms with van der Waals surface area (Å²) >= 11 is 0. The predicted molar refractivity (Wildman–Crippen MR) is 94.8 cm³/mol. The zero-order valence-electron chi connectivity index (χ0n) is 15.8. The number of nitrogens with zero attached hydrogens (tertiary/aromatic N) is 2. The summed E-state index contributed by atoms with van der Waals surface area (Å²) in [6.45, 7) is 8.38. The Morgan fingerprint density at radius 2 is 1.27 bits per heavy atom. The van der Waals surface area contributed by atoms with Crippen molar-refractivity contribution in [1.29, 1.82) is 10.5 Å². The van der Waals surface area contributed by atoms with E-state index < -0.39 is 22.9 Å². The molecule has 0 aliphatic heterocycles. The van der Waals surface area contributed by atoms with Crippen LogP contribution in [-0.2, 0) is 18.9 Å². The van der Waals surface area contributed by atoms with Gasteiger partial charge in [0.2, 0.25) is 11.2 Å². The van der Waals surface area contributed by atoms with Crippen molar-refractivity contribution in [2.24, 2.45) is 5.41 Å². The van der Waals surface area contributed by atoms with E-state index in [1.165, 1.54) is 0 Å². The normalized spacial score (nSPS) is 22.0. The molecule has 1 atom stereocenters. The van der Waals surface area contributed by atoms with Crippen molar-refractivity contribution < 1.29 is 18.9 Å². The second kappa shape index (κ2) is 8.16. The van der Waals surface area contributed by atoms with Gasteiger partial charge in [-0.05, 0) is 33.3 Å². The predicted octanol–water partition coefficient (Wildman–Crippen LogP) is 3.36. The van der Waals surface area contributed by atoms with Gasteiger partial charge in [-0.3, -0.25) is 0 Å². The highest BCUT2D eigenvalue weighted by Crippen LogP contribution is 2.69. The molecule has 1 aliphatic rings. The molecule has 0 saturated heterocycles. The fourth-order valence-corrected chi connectivity index (χ4v) is 3.98. The van der Waals surface area contributed by atoms with Gasteiger partial charge in [-0.1, -0.05) is 30.3 Å². The minimum absolute atomic E-state index is 0.245. The molecule has 0 N–H and O–H groups in total. The minimum atomic E-state index is -1.64. The third-order valence-electron chi connectivity index (χ3n) is 4.69. The van der Waals surface area contributed by atoms with Crippen LogP contribution in [-0.4, -0.2) is 38.0 Å². The van der Waals surface area contributed by atoms with E-state index in [1.807, 2.05) is 44.2 Å². The van der Waals surface area contributed by atoms with Gasteiger partial charge in [-0.2, -0.15) is 10.5 Å². The third-order valence-corrected chi connectivity index (χ3v) is 4.69. The van der Waals surface area contributed by atoms with Gasteiger partial charge in [0.1, 0.15) is 0 Å². The molecule has 1 fully saturated rings. The van der Waals surface area contributed by atoms with Crippen molar-refractivity contribution in [3.63, 3.8) is 0 Å². The summed E-state index contributed by atoms with van der Waals surface area (Å²) in [5.74, 6) is -3.71. The maximum absolute atomic E-state index is 10.1. The van der Waals surface area contributed by atoms with E-state index in [0.29, 0.717) is 13.2 Å². The topological polar surface area (TPSA) is 84.5 Å². The first kappa shape index (κ1) is 20.4. The average molecular weight is 358 g/mol. The minimum Gasteiger partial charge on any atom is -0.345 e. The Hall–Kier alpha value is -1.96. The Labute approximate surface area is 155 Å². The summed E-state index contributed by atoms with van der Waals surface area (Å²) in [7, 11) is 0. The number of hydrogen-bond donors (Lipinski definition) is 0. The Bertz CT molecular complexity index is 651. The lowest BCUT2D eigenvalue weighted by Gasteiger charge is -2.66. The van der Waals surface area contributed by atoms with Crippen LogP contribution >= 0.6 is 0 Å². The summed E-state index contributed by atoms with van der Waals surface area (Å²) in [6, 6.07) is 13.7. The second-order valence-electron chi connectivity index (χ2n) is 5.89. The molecule has 0 radical (unpaired) electrons. The summed E-state index contributed by atoms with van der Waals surface area (Å²) in [5, 5.41) is 20.2. The molecule has 1 aliphatic carbocycles. The van der Waals surface area contributed by atoms with Crippen LogP contribution in [0.25, 0.3) is 0 Å². The summed E-state index contributed by atoms with van der Waals surface area (Å²) in [5.41, 5.74) is -0.836. The molecule has 0 heterocycles. The molecular formula is C20H26N2O4. The Balaban J connectivity index is 2.78. The molecule has 1 aromatic carbocycles. The van der Waals surface area contributed by atoms with Crippen LogP contribution in [0.15, 0.2) is 30.3 Å². The molecule has 26 heavy (non-hydrogen) atoms. The van der Waals surface area contributed by atoms with Crippen molar-refractivity contribution in [3.8, 4) is 12.1 Å². The molecule has 0 aromatic heterocycles. The lowest BCUT2D eigenvalue weighted by molar-refractivity contribution is -0.496. The Morgan fingerprint density at radius 1 is 0.808 bits per heavy atom. The molecular weight excluding hydrogens is 332 g/mol. The first-order valence-electron chi connectivity index (χ1n) is 9.02. The molecule has 0 amide bonds. The zero-order chi connectivity index (χ0) is 19.3. The van der Waals surface area contributed by atoms with E-state index in [1.54, 1.807) is 13.8 Å². The van der Waals surface area contributed by atoms with E-state index in [0.717, 1.165) is 5.56 Å². The maximum Gasteiger partial charge on any atom is 0.258 e. The van der Waals surface area contributed by atoms with Crippen molar-refractivity contribution in [1.82, 2.24) is 0 Å².